The molecule has 0 spiro atoms. The van der Waals surface area contributed by atoms with Crippen molar-refractivity contribution in [2.75, 3.05) is 32.8 Å². The van der Waals surface area contributed by atoms with Crippen LogP contribution in [0.4, 0.5) is 13.2 Å². The molecule has 2 aromatic rings. The van der Waals surface area contributed by atoms with Gasteiger partial charge in [0.25, 0.3) is 5.91 Å². The van der Waals surface area contributed by atoms with E-state index in [1.807, 2.05) is 22.8 Å². The Morgan fingerprint density at radius 3 is 2.62 bits per heavy atom. The highest BCUT2D eigenvalue weighted by Crippen LogP contribution is 2.26. The number of halogens is 3. The average molecular weight is 458 g/mol. The van der Waals surface area contributed by atoms with Crippen molar-refractivity contribution in [1.29, 1.82) is 0 Å². The van der Waals surface area contributed by atoms with Crippen molar-refractivity contribution in [3.8, 4) is 0 Å². The fraction of sp³-hybridized carbons (Fsp3) is 0.550. The molecule has 2 aliphatic rings. The summed E-state index contributed by atoms with van der Waals surface area (Å²) in [6.45, 7) is 4.76. The van der Waals surface area contributed by atoms with E-state index in [9.17, 15) is 18.0 Å². The lowest BCUT2D eigenvalue weighted by molar-refractivity contribution is -0.192. The quantitative estimate of drug-likeness (QED) is 0.751. The third-order valence-corrected chi connectivity index (χ3v) is 5.35. The summed E-state index contributed by atoms with van der Waals surface area (Å²) in [5.74, 6) is -2.00. The Morgan fingerprint density at radius 2 is 2.03 bits per heavy atom. The number of carbonyl (C=O) groups excluding carboxylic acids is 1. The molecule has 0 unspecified atom stereocenters. The minimum atomic E-state index is -5.08. The third-order valence-electron chi connectivity index (χ3n) is 5.35. The molecule has 1 N–H and O–H groups in total. The second kappa shape index (κ2) is 10.2. The molecule has 32 heavy (non-hydrogen) atoms. The number of alkyl halides is 3. The van der Waals surface area contributed by atoms with Crippen LogP contribution in [0.15, 0.2) is 35.2 Å². The highest BCUT2D eigenvalue weighted by molar-refractivity contribution is 5.91. The number of aryl methyl sites for hydroxylation is 1. The Labute approximate surface area is 182 Å². The van der Waals surface area contributed by atoms with E-state index < -0.39 is 12.1 Å². The van der Waals surface area contributed by atoms with Crippen molar-refractivity contribution in [3.63, 3.8) is 0 Å². The molecule has 9 nitrogen and oxygen atoms in total. The van der Waals surface area contributed by atoms with Crippen LogP contribution in [0.5, 0.6) is 0 Å². The highest BCUT2D eigenvalue weighted by atomic mass is 19.4. The third kappa shape index (κ3) is 6.33. The van der Waals surface area contributed by atoms with Gasteiger partial charge in [0, 0.05) is 50.9 Å². The van der Waals surface area contributed by atoms with Crippen LogP contribution >= 0.6 is 0 Å². The molecule has 0 aromatic carbocycles. The van der Waals surface area contributed by atoms with E-state index in [0.717, 1.165) is 32.6 Å². The smallest absolute Gasteiger partial charge is 0.475 e. The van der Waals surface area contributed by atoms with Crippen molar-refractivity contribution < 1.29 is 37.0 Å². The molecule has 4 rings (SSSR count). The number of aromatic nitrogens is 2. The summed E-state index contributed by atoms with van der Waals surface area (Å²) in [6, 6.07) is 3.48. The summed E-state index contributed by atoms with van der Waals surface area (Å²) in [4.78, 5) is 25.7. The van der Waals surface area contributed by atoms with Crippen LogP contribution < -0.4 is 0 Å². The lowest BCUT2D eigenvalue weighted by atomic mass is 9.93. The van der Waals surface area contributed by atoms with Gasteiger partial charge in [-0.25, -0.2) is 4.79 Å². The largest absolute Gasteiger partial charge is 0.490 e. The Morgan fingerprint density at radius 1 is 1.28 bits per heavy atom. The zero-order chi connectivity index (χ0) is 23.3. The maximum atomic E-state index is 12.6. The molecule has 2 saturated heterocycles. The summed E-state index contributed by atoms with van der Waals surface area (Å²) >= 11 is 0. The van der Waals surface area contributed by atoms with Crippen LogP contribution in [0.2, 0.25) is 0 Å². The zero-order valence-electron chi connectivity index (χ0n) is 17.5. The molecule has 2 aliphatic heterocycles. The van der Waals surface area contributed by atoms with Gasteiger partial charge in [0.2, 0.25) is 0 Å². The number of furan rings is 1. The zero-order valence-corrected chi connectivity index (χ0v) is 17.5. The number of hydrogen-bond acceptors (Lipinski definition) is 6. The number of carboxylic acids is 1. The van der Waals surface area contributed by atoms with Gasteiger partial charge in [-0.1, -0.05) is 0 Å². The first-order chi connectivity index (χ1) is 15.1. The summed E-state index contributed by atoms with van der Waals surface area (Å²) in [6.07, 6.45) is 1.65. The van der Waals surface area contributed by atoms with Crippen LogP contribution in [0.3, 0.4) is 0 Å². The van der Waals surface area contributed by atoms with E-state index in [-0.39, 0.29) is 12.0 Å². The van der Waals surface area contributed by atoms with Gasteiger partial charge in [-0.15, -0.1) is 0 Å². The summed E-state index contributed by atoms with van der Waals surface area (Å²) < 4.78 is 44.9. The number of piperidine rings is 1. The minimum Gasteiger partial charge on any atom is -0.475 e. The Balaban J connectivity index is 0.000000360. The summed E-state index contributed by atoms with van der Waals surface area (Å²) in [5.41, 5.74) is 1.23. The predicted octanol–water partition coefficient (Wildman–Crippen LogP) is 2.01. The lowest BCUT2D eigenvalue weighted by Gasteiger charge is -2.37. The van der Waals surface area contributed by atoms with Gasteiger partial charge in [-0.3, -0.25) is 14.4 Å². The van der Waals surface area contributed by atoms with Crippen LogP contribution in [-0.2, 0) is 23.1 Å². The molecule has 0 radical (unpaired) electrons. The monoisotopic (exact) mass is 458 g/mol. The molecule has 2 fully saturated rings. The second-order valence-corrected chi connectivity index (χ2v) is 7.75. The second-order valence-electron chi connectivity index (χ2n) is 7.75. The van der Waals surface area contributed by atoms with Gasteiger partial charge in [0.15, 0.2) is 5.76 Å². The van der Waals surface area contributed by atoms with Crippen molar-refractivity contribution in [1.82, 2.24) is 19.6 Å². The molecule has 176 valence electrons. The van der Waals surface area contributed by atoms with E-state index in [1.54, 1.807) is 18.4 Å². The van der Waals surface area contributed by atoms with Crippen molar-refractivity contribution in [2.24, 2.45) is 13.0 Å². The molecule has 12 heteroatoms. The standard InChI is InChI=1S/C18H24N4O3.C2HF3O2/c1-20-10-14(9-19-20)11-21-5-4-15-12-22(6-8-25-17(15)13-21)18(23)16-3-2-7-24-16;3-2(4,5)1(6)7/h2-3,7,9-10,15,17H,4-6,8,11-13H2,1H3;(H,6,7)/t15-,17-;/m1./s1. The van der Waals surface area contributed by atoms with Crippen molar-refractivity contribution in [3.05, 3.63) is 42.1 Å². The van der Waals surface area contributed by atoms with Crippen molar-refractivity contribution >= 4 is 11.9 Å². The van der Waals surface area contributed by atoms with E-state index in [4.69, 9.17) is 19.1 Å². The number of aliphatic carboxylic acids is 1. The first-order valence-electron chi connectivity index (χ1n) is 10.1. The SMILES string of the molecule is Cn1cc(CN2CC[C@@H]3CN(C(=O)c4ccco4)CCO[C@@H]3C2)cn1.O=C(O)C(F)(F)F. The van der Waals surface area contributed by atoms with Gasteiger partial charge < -0.3 is 19.2 Å². The molecule has 0 saturated carbocycles. The van der Waals surface area contributed by atoms with E-state index in [1.165, 1.54) is 5.56 Å². The minimum absolute atomic E-state index is 0.0351. The van der Waals surface area contributed by atoms with Crippen LogP contribution in [0.1, 0.15) is 22.5 Å². The summed E-state index contributed by atoms with van der Waals surface area (Å²) in [7, 11) is 1.94. The molecule has 4 heterocycles. The van der Waals surface area contributed by atoms with Crippen LogP contribution in [0.25, 0.3) is 0 Å². The highest BCUT2D eigenvalue weighted by Gasteiger charge is 2.38. The van der Waals surface area contributed by atoms with Gasteiger partial charge in [0.05, 0.1) is 25.2 Å². The fourth-order valence-electron chi connectivity index (χ4n) is 3.81. The number of carboxylic acid groups (broad SMARTS) is 1. The fourth-order valence-corrected chi connectivity index (χ4v) is 3.81. The number of amides is 1. The normalized spacial score (nSPS) is 21.8. The van der Waals surface area contributed by atoms with Gasteiger partial charge >= 0.3 is 12.1 Å². The van der Waals surface area contributed by atoms with Gasteiger partial charge in [-0.05, 0) is 25.1 Å². The van der Waals surface area contributed by atoms with Gasteiger partial charge in [-0.2, -0.15) is 18.3 Å². The number of fused-ring (bicyclic) bond motifs is 1. The average Bonchev–Trinajstić information content (AvgIpc) is 3.35. The number of hydrogen-bond donors (Lipinski definition) is 1. The molecule has 2 aromatic heterocycles. The van der Waals surface area contributed by atoms with E-state index in [2.05, 4.69) is 16.2 Å². The number of nitrogens with zero attached hydrogens (tertiary/aromatic N) is 4. The number of carbonyl (C=O) groups is 2. The van der Waals surface area contributed by atoms with Crippen LogP contribution in [0, 0.1) is 5.92 Å². The number of rotatable bonds is 3. The number of likely N-dealkylation sites (tertiary alicyclic amines) is 1. The van der Waals surface area contributed by atoms with E-state index >= 15 is 0 Å². The van der Waals surface area contributed by atoms with Crippen LogP contribution in [-0.4, -0.2) is 81.6 Å². The van der Waals surface area contributed by atoms with Crippen molar-refractivity contribution in [2.45, 2.75) is 25.2 Å². The molecule has 0 aliphatic carbocycles. The summed E-state index contributed by atoms with van der Waals surface area (Å²) in [5, 5.41) is 11.4. The van der Waals surface area contributed by atoms with E-state index in [0.29, 0.717) is 24.8 Å². The number of ether oxygens (including phenoxy) is 1. The maximum Gasteiger partial charge on any atom is 0.490 e. The molecular weight excluding hydrogens is 433 g/mol. The molecule has 1 amide bonds. The lowest BCUT2D eigenvalue weighted by Crippen LogP contribution is -2.47. The maximum absolute atomic E-state index is 12.6. The Hall–Kier alpha value is -2.86. The first-order valence-corrected chi connectivity index (χ1v) is 10.1. The molecule has 0 bridgehead atoms. The topological polar surface area (TPSA) is 101 Å². The molecule has 2 atom stereocenters. The predicted molar refractivity (Wildman–Crippen MR) is 105 cm³/mol. The Bertz CT molecular complexity index is 899. The Kier molecular flexibility index (Phi) is 7.56. The first kappa shape index (κ1) is 23.8. The van der Waals surface area contributed by atoms with Gasteiger partial charge in [0.1, 0.15) is 0 Å². The molecular formula is C20H25F3N4O5.